The molecule has 6 nitrogen and oxygen atoms in total. The van der Waals surface area contributed by atoms with Gasteiger partial charge in [-0.25, -0.2) is 9.59 Å². The van der Waals surface area contributed by atoms with Crippen LogP contribution in [0.3, 0.4) is 0 Å². The summed E-state index contributed by atoms with van der Waals surface area (Å²) in [6.07, 6.45) is 2.35. The second kappa shape index (κ2) is 7.47. The predicted octanol–water partition coefficient (Wildman–Crippen LogP) is 1.37. The first-order valence-electron chi connectivity index (χ1n) is 7.47. The fourth-order valence-electron chi connectivity index (χ4n) is 2.67. The van der Waals surface area contributed by atoms with E-state index in [1.807, 2.05) is 0 Å². The van der Waals surface area contributed by atoms with Crippen LogP contribution in [0.2, 0.25) is 0 Å². The summed E-state index contributed by atoms with van der Waals surface area (Å²) in [5, 5.41) is 12.1. The molecule has 6 heteroatoms. The number of nitrogens with zero attached hydrogens (tertiary/aromatic N) is 2. The van der Waals surface area contributed by atoms with Crippen LogP contribution in [-0.2, 0) is 4.79 Å². The highest BCUT2D eigenvalue weighted by atomic mass is 16.4. The highest BCUT2D eigenvalue weighted by Crippen LogP contribution is 2.28. The molecule has 1 rings (SSSR count). The highest BCUT2D eigenvalue weighted by Gasteiger charge is 2.45. The van der Waals surface area contributed by atoms with E-state index in [4.69, 9.17) is 0 Å². The van der Waals surface area contributed by atoms with Crippen LogP contribution in [0.5, 0.6) is 0 Å². The second-order valence-electron chi connectivity index (χ2n) is 5.50. The van der Waals surface area contributed by atoms with Gasteiger partial charge in [0.25, 0.3) is 0 Å². The third kappa shape index (κ3) is 3.85. The fourth-order valence-corrected chi connectivity index (χ4v) is 2.67. The number of carbonyl (C=O) groups is 2. The molecule has 1 atom stereocenters. The Labute approximate surface area is 121 Å². The van der Waals surface area contributed by atoms with Gasteiger partial charge < -0.3 is 20.2 Å². The van der Waals surface area contributed by atoms with Crippen molar-refractivity contribution in [1.29, 1.82) is 0 Å². The number of amides is 2. The number of carbonyl (C=O) groups excluding carboxylic acids is 1. The van der Waals surface area contributed by atoms with Crippen molar-refractivity contribution >= 4 is 12.0 Å². The molecule has 0 spiro atoms. The van der Waals surface area contributed by atoms with Crippen molar-refractivity contribution in [2.24, 2.45) is 0 Å². The van der Waals surface area contributed by atoms with Crippen LogP contribution in [0.4, 0.5) is 4.79 Å². The van der Waals surface area contributed by atoms with Crippen LogP contribution in [0.25, 0.3) is 0 Å². The zero-order valence-electron chi connectivity index (χ0n) is 12.8. The maximum absolute atomic E-state index is 12.1. The summed E-state index contributed by atoms with van der Waals surface area (Å²) in [6, 6.07) is -0.264. The third-order valence-corrected chi connectivity index (χ3v) is 4.04. The van der Waals surface area contributed by atoms with Crippen molar-refractivity contribution in [2.45, 2.75) is 45.6 Å². The number of carboxylic acids is 1. The van der Waals surface area contributed by atoms with Gasteiger partial charge in [0.2, 0.25) is 0 Å². The standard InChI is InChI=1S/C14H27N3O3/c1-4-9-16(5-2)11-8-15-13(20)17-10-6-7-14(17,3)12(18)19/h4-11H2,1-3H3,(H,15,20)(H,18,19). The van der Waals surface area contributed by atoms with E-state index in [-0.39, 0.29) is 6.03 Å². The number of urea groups is 1. The molecule has 0 saturated carbocycles. The Morgan fingerprint density at radius 3 is 2.60 bits per heavy atom. The van der Waals surface area contributed by atoms with Crippen LogP contribution >= 0.6 is 0 Å². The van der Waals surface area contributed by atoms with Crippen LogP contribution in [0.1, 0.15) is 40.0 Å². The van der Waals surface area contributed by atoms with Crippen molar-refractivity contribution < 1.29 is 14.7 Å². The van der Waals surface area contributed by atoms with E-state index in [2.05, 4.69) is 24.1 Å². The van der Waals surface area contributed by atoms with Crippen molar-refractivity contribution in [1.82, 2.24) is 15.1 Å². The minimum Gasteiger partial charge on any atom is -0.480 e. The smallest absolute Gasteiger partial charge is 0.329 e. The lowest BCUT2D eigenvalue weighted by Gasteiger charge is -2.31. The Bertz CT molecular complexity index is 349. The van der Waals surface area contributed by atoms with Gasteiger partial charge in [-0.15, -0.1) is 0 Å². The van der Waals surface area contributed by atoms with Crippen molar-refractivity contribution in [2.75, 3.05) is 32.7 Å². The Morgan fingerprint density at radius 2 is 2.05 bits per heavy atom. The number of hydrogen-bond acceptors (Lipinski definition) is 3. The first-order valence-corrected chi connectivity index (χ1v) is 7.47. The molecule has 1 aliphatic rings. The summed E-state index contributed by atoms with van der Waals surface area (Å²) >= 11 is 0. The lowest BCUT2D eigenvalue weighted by Crippen LogP contribution is -2.54. The molecule has 1 saturated heterocycles. The summed E-state index contributed by atoms with van der Waals surface area (Å²) in [6.45, 7) is 9.69. The summed E-state index contributed by atoms with van der Waals surface area (Å²) in [5.41, 5.74) is -1.06. The lowest BCUT2D eigenvalue weighted by atomic mass is 10.00. The number of hydrogen-bond donors (Lipinski definition) is 2. The van der Waals surface area contributed by atoms with Gasteiger partial charge in [0, 0.05) is 19.6 Å². The minimum atomic E-state index is -1.06. The normalized spacial score (nSPS) is 22.3. The van der Waals surface area contributed by atoms with E-state index in [0.29, 0.717) is 19.5 Å². The van der Waals surface area contributed by atoms with Crippen LogP contribution in [0.15, 0.2) is 0 Å². The fraction of sp³-hybridized carbons (Fsp3) is 0.857. The molecule has 0 bridgehead atoms. The molecule has 1 unspecified atom stereocenters. The maximum Gasteiger partial charge on any atom is 0.329 e. The van der Waals surface area contributed by atoms with E-state index in [1.54, 1.807) is 6.92 Å². The molecule has 2 amide bonds. The molecule has 0 radical (unpaired) electrons. The Balaban J connectivity index is 2.45. The zero-order valence-corrected chi connectivity index (χ0v) is 12.8. The van der Waals surface area contributed by atoms with Gasteiger partial charge in [-0.05, 0) is 39.3 Å². The molecule has 0 aliphatic carbocycles. The van der Waals surface area contributed by atoms with E-state index in [9.17, 15) is 14.7 Å². The summed E-state index contributed by atoms with van der Waals surface area (Å²) in [7, 11) is 0. The van der Waals surface area contributed by atoms with Gasteiger partial charge in [-0.2, -0.15) is 0 Å². The topological polar surface area (TPSA) is 72.9 Å². The molecule has 1 fully saturated rings. The summed E-state index contributed by atoms with van der Waals surface area (Å²) < 4.78 is 0. The van der Waals surface area contributed by atoms with Gasteiger partial charge in [-0.1, -0.05) is 13.8 Å². The van der Waals surface area contributed by atoms with E-state index < -0.39 is 11.5 Å². The van der Waals surface area contributed by atoms with Gasteiger partial charge in [0.05, 0.1) is 0 Å². The van der Waals surface area contributed by atoms with Crippen molar-refractivity contribution in [3.63, 3.8) is 0 Å². The number of carboxylic acid groups (broad SMARTS) is 1. The Kier molecular flexibility index (Phi) is 6.26. The Hall–Kier alpha value is -1.30. The Morgan fingerprint density at radius 1 is 1.35 bits per heavy atom. The number of rotatable bonds is 7. The van der Waals surface area contributed by atoms with Gasteiger partial charge in [0.15, 0.2) is 0 Å². The first kappa shape index (κ1) is 16.8. The minimum absolute atomic E-state index is 0.264. The number of likely N-dealkylation sites (tertiary alicyclic amines) is 1. The molecular formula is C14H27N3O3. The molecular weight excluding hydrogens is 258 g/mol. The molecule has 1 aliphatic heterocycles. The summed E-state index contributed by atoms with van der Waals surface area (Å²) in [4.78, 5) is 27.2. The van der Waals surface area contributed by atoms with Crippen LogP contribution in [-0.4, -0.2) is 65.2 Å². The van der Waals surface area contributed by atoms with Gasteiger partial charge >= 0.3 is 12.0 Å². The SMILES string of the molecule is CCCN(CC)CCNC(=O)N1CCCC1(C)C(=O)O. The molecule has 0 aromatic carbocycles. The van der Waals surface area contributed by atoms with E-state index in [0.717, 1.165) is 32.5 Å². The number of likely N-dealkylation sites (N-methyl/N-ethyl adjacent to an activating group) is 1. The van der Waals surface area contributed by atoms with Gasteiger partial charge in [-0.3, -0.25) is 0 Å². The highest BCUT2D eigenvalue weighted by molar-refractivity contribution is 5.86. The average Bonchev–Trinajstić information content (AvgIpc) is 2.81. The third-order valence-electron chi connectivity index (χ3n) is 4.04. The molecule has 20 heavy (non-hydrogen) atoms. The number of nitrogens with one attached hydrogen (secondary N) is 1. The van der Waals surface area contributed by atoms with Crippen LogP contribution in [0, 0.1) is 0 Å². The van der Waals surface area contributed by atoms with Crippen LogP contribution < -0.4 is 5.32 Å². The number of aliphatic carboxylic acids is 1. The zero-order chi connectivity index (χ0) is 15.2. The molecule has 1 heterocycles. The van der Waals surface area contributed by atoms with E-state index >= 15 is 0 Å². The maximum atomic E-state index is 12.1. The predicted molar refractivity (Wildman–Crippen MR) is 77.8 cm³/mol. The average molecular weight is 285 g/mol. The van der Waals surface area contributed by atoms with Crippen molar-refractivity contribution in [3.05, 3.63) is 0 Å². The molecule has 2 N–H and O–H groups in total. The van der Waals surface area contributed by atoms with E-state index in [1.165, 1.54) is 4.90 Å². The molecule has 0 aromatic rings. The molecule has 0 aromatic heterocycles. The lowest BCUT2D eigenvalue weighted by molar-refractivity contribution is -0.147. The first-order chi connectivity index (χ1) is 9.45. The largest absolute Gasteiger partial charge is 0.480 e. The quantitative estimate of drug-likeness (QED) is 0.741. The summed E-state index contributed by atoms with van der Waals surface area (Å²) in [5.74, 6) is -0.925. The monoisotopic (exact) mass is 285 g/mol. The van der Waals surface area contributed by atoms with Crippen molar-refractivity contribution in [3.8, 4) is 0 Å². The van der Waals surface area contributed by atoms with Gasteiger partial charge in [0.1, 0.15) is 5.54 Å². The molecule has 116 valence electrons. The second-order valence-corrected chi connectivity index (χ2v) is 5.50.